The molecule has 3 rings (SSSR count). The van der Waals surface area contributed by atoms with Crippen molar-refractivity contribution < 1.29 is 9.90 Å². The third-order valence-corrected chi connectivity index (χ3v) is 6.09. The number of carbonyl (C=O) groups is 1. The summed E-state index contributed by atoms with van der Waals surface area (Å²) < 4.78 is 0. The lowest BCUT2D eigenvalue weighted by Gasteiger charge is -2.33. The molecule has 1 heterocycles. The SMILES string of the molecule is CCN1CCC[C@H](SC(=O)C(O)(c2ccccc2)c2ccccc2)C1. The van der Waals surface area contributed by atoms with Crippen molar-refractivity contribution in [1.82, 2.24) is 4.90 Å². The lowest BCUT2D eigenvalue weighted by atomic mass is 9.87. The molecule has 1 aliphatic rings. The zero-order chi connectivity index (χ0) is 17.7. The van der Waals surface area contributed by atoms with E-state index < -0.39 is 5.60 Å². The molecule has 0 aliphatic carbocycles. The highest BCUT2D eigenvalue weighted by Gasteiger charge is 2.41. The third kappa shape index (κ3) is 3.97. The van der Waals surface area contributed by atoms with Gasteiger partial charge in [0.1, 0.15) is 0 Å². The maximum atomic E-state index is 13.2. The maximum absolute atomic E-state index is 13.2. The predicted molar refractivity (Wildman–Crippen MR) is 104 cm³/mol. The van der Waals surface area contributed by atoms with E-state index in [9.17, 15) is 9.90 Å². The van der Waals surface area contributed by atoms with Crippen molar-refractivity contribution >= 4 is 16.9 Å². The number of hydrogen-bond acceptors (Lipinski definition) is 4. The van der Waals surface area contributed by atoms with Crippen LogP contribution in [0.25, 0.3) is 0 Å². The van der Waals surface area contributed by atoms with Gasteiger partial charge >= 0.3 is 0 Å². The fraction of sp³-hybridized carbons (Fsp3) is 0.381. The lowest BCUT2D eigenvalue weighted by molar-refractivity contribution is -0.124. The zero-order valence-corrected chi connectivity index (χ0v) is 15.4. The van der Waals surface area contributed by atoms with Gasteiger partial charge in [0.05, 0.1) is 0 Å². The molecular weight excluding hydrogens is 330 g/mol. The number of nitrogens with zero attached hydrogens (tertiary/aromatic N) is 1. The molecule has 4 heteroatoms. The summed E-state index contributed by atoms with van der Waals surface area (Å²) in [6, 6.07) is 18.5. The van der Waals surface area contributed by atoms with Gasteiger partial charge in [-0.05, 0) is 37.1 Å². The van der Waals surface area contributed by atoms with Crippen molar-refractivity contribution in [2.75, 3.05) is 19.6 Å². The van der Waals surface area contributed by atoms with Crippen molar-refractivity contribution in [3.8, 4) is 0 Å². The van der Waals surface area contributed by atoms with Crippen LogP contribution in [0.15, 0.2) is 60.7 Å². The van der Waals surface area contributed by atoms with E-state index in [0.29, 0.717) is 11.1 Å². The summed E-state index contributed by atoms with van der Waals surface area (Å²) in [5, 5.41) is 11.5. The Labute approximate surface area is 154 Å². The third-order valence-electron chi connectivity index (χ3n) is 4.86. The highest BCUT2D eigenvalue weighted by molar-refractivity contribution is 8.14. The van der Waals surface area contributed by atoms with Crippen LogP contribution in [0.5, 0.6) is 0 Å². The second kappa shape index (κ2) is 8.17. The second-order valence-corrected chi connectivity index (χ2v) is 7.78. The highest BCUT2D eigenvalue weighted by Crippen LogP contribution is 2.37. The Morgan fingerprint density at radius 3 is 2.20 bits per heavy atom. The first-order valence-electron chi connectivity index (χ1n) is 8.91. The minimum absolute atomic E-state index is 0.187. The number of hydrogen-bond donors (Lipinski definition) is 1. The number of carbonyl (C=O) groups excluding carboxylic acids is 1. The number of aliphatic hydroxyl groups is 1. The van der Waals surface area contributed by atoms with Crippen LogP contribution in [0.3, 0.4) is 0 Å². The summed E-state index contributed by atoms with van der Waals surface area (Å²) in [5.41, 5.74) is -0.356. The van der Waals surface area contributed by atoms with Gasteiger partial charge in [-0.2, -0.15) is 0 Å². The molecular formula is C21H25NO2S. The molecule has 1 fully saturated rings. The molecule has 1 saturated heterocycles. The molecule has 0 spiro atoms. The lowest BCUT2D eigenvalue weighted by Crippen LogP contribution is -2.40. The van der Waals surface area contributed by atoms with Crippen LogP contribution in [-0.4, -0.2) is 40.0 Å². The van der Waals surface area contributed by atoms with E-state index in [1.165, 1.54) is 11.8 Å². The molecule has 1 aliphatic heterocycles. The summed E-state index contributed by atoms with van der Waals surface area (Å²) in [5.74, 6) is 0. The monoisotopic (exact) mass is 355 g/mol. The second-order valence-electron chi connectivity index (χ2n) is 6.51. The number of rotatable bonds is 5. The number of thioether (sulfide) groups is 1. The molecule has 0 radical (unpaired) electrons. The van der Waals surface area contributed by atoms with Gasteiger partial charge in [-0.1, -0.05) is 79.3 Å². The van der Waals surface area contributed by atoms with Crippen molar-refractivity contribution in [1.29, 1.82) is 0 Å². The topological polar surface area (TPSA) is 40.5 Å². The van der Waals surface area contributed by atoms with Gasteiger partial charge in [0, 0.05) is 11.8 Å². The summed E-state index contributed by atoms with van der Waals surface area (Å²) in [6.45, 7) is 5.17. The molecule has 0 aromatic heterocycles. The van der Waals surface area contributed by atoms with E-state index in [4.69, 9.17) is 0 Å². The molecule has 132 valence electrons. The minimum atomic E-state index is -1.61. The molecule has 1 atom stereocenters. The Kier molecular flexibility index (Phi) is 5.94. The molecule has 0 amide bonds. The first-order valence-corrected chi connectivity index (χ1v) is 9.79. The van der Waals surface area contributed by atoms with E-state index in [2.05, 4.69) is 11.8 Å². The molecule has 2 aromatic rings. The normalized spacial score (nSPS) is 18.9. The van der Waals surface area contributed by atoms with E-state index in [-0.39, 0.29) is 10.4 Å². The first-order chi connectivity index (χ1) is 12.1. The molecule has 0 bridgehead atoms. The van der Waals surface area contributed by atoms with Gasteiger partial charge in [0.2, 0.25) is 5.12 Å². The van der Waals surface area contributed by atoms with Crippen LogP contribution in [0.4, 0.5) is 0 Å². The van der Waals surface area contributed by atoms with Gasteiger partial charge in [-0.25, -0.2) is 0 Å². The summed E-state index contributed by atoms with van der Waals surface area (Å²) in [4.78, 5) is 15.6. The van der Waals surface area contributed by atoms with Gasteiger partial charge in [0.15, 0.2) is 5.60 Å². The van der Waals surface area contributed by atoms with E-state index in [0.717, 1.165) is 32.5 Å². The van der Waals surface area contributed by atoms with Crippen LogP contribution >= 0.6 is 11.8 Å². The molecule has 3 nitrogen and oxygen atoms in total. The van der Waals surface area contributed by atoms with Crippen LogP contribution in [0.2, 0.25) is 0 Å². The summed E-state index contributed by atoms with van der Waals surface area (Å²) in [7, 11) is 0. The van der Waals surface area contributed by atoms with Crippen molar-refractivity contribution in [3.05, 3.63) is 71.8 Å². The largest absolute Gasteiger partial charge is 0.372 e. The quantitative estimate of drug-likeness (QED) is 0.888. The highest BCUT2D eigenvalue weighted by atomic mass is 32.2. The zero-order valence-electron chi connectivity index (χ0n) is 14.6. The maximum Gasteiger partial charge on any atom is 0.230 e. The van der Waals surface area contributed by atoms with Crippen LogP contribution in [0.1, 0.15) is 30.9 Å². The van der Waals surface area contributed by atoms with Gasteiger partial charge in [-0.3, -0.25) is 4.79 Å². The number of benzene rings is 2. The summed E-state index contributed by atoms with van der Waals surface area (Å²) in [6.07, 6.45) is 2.13. The minimum Gasteiger partial charge on any atom is -0.372 e. The van der Waals surface area contributed by atoms with Crippen LogP contribution in [0, 0.1) is 0 Å². The predicted octanol–water partition coefficient (Wildman–Crippen LogP) is 3.67. The van der Waals surface area contributed by atoms with E-state index in [1.807, 2.05) is 60.7 Å². The molecule has 0 saturated carbocycles. The fourth-order valence-electron chi connectivity index (χ4n) is 3.39. The standard InChI is InChI=1S/C21H25NO2S/c1-2-22-15-9-14-19(16-22)25-20(23)21(24,17-10-5-3-6-11-17)18-12-7-4-8-13-18/h3-8,10-13,19,24H,2,9,14-16H2,1H3/t19-/m0/s1. The summed E-state index contributed by atoms with van der Waals surface area (Å²) >= 11 is 1.31. The Morgan fingerprint density at radius 1 is 1.12 bits per heavy atom. The van der Waals surface area contributed by atoms with E-state index in [1.54, 1.807) is 0 Å². The Balaban J connectivity index is 1.88. The molecule has 25 heavy (non-hydrogen) atoms. The van der Waals surface area contributed by atoms with Crippen molar-refractivity contribution in [3.63, 3.8) is 0 Å². The van der Waals surface area contributed by atoms with Gasteiger partial charge in [0.25, 0.3) is 0 Å². The Morgan fingerprint density at radius 2 is 1.68 bits per heavy atom. The Bertz CT molecular complexity index is 650. The smallest absolute Gasteiger partial charge is 0.230 e. The molecule has 2 aromatic carbocycles. The van der Waals surface area contributed by atoms with Crippen molar-refractivity contribution in [2.24, 2.45) is 0 Å². The van der Waals surface area contributed by atoms with Crippen LogP contribution < -0.4 is 0 Å². The van der Waals surface area contributed by atoms with E-state index >= 15 is 0 Å². The van der Waals surface area contributed by atoms with Gasteiger partial charge < -0.3 is 10.0 Å². The average molecular weight is 356 g/mol. The van der Waals surface area contributed by atoms with Gasteiger partial charge in [-0.15, -0.1) is 0 Å². The number of likely N-dealkylation sites (tertiary alicyclic amines) is 1. The van der Waals surface area contributed by atoms with Crippen molar-refractivity contribution in [2.45, 2.75) is 30.6 Å². The molecule has 1 N–H and O–H groups in total. The number of piperidine rings is 1. The van der Waals surface area contributed by atoms with Crippen LogP contribution in [-0.2, 0) is 10.4 Å². The fourth-order valence-corrected chi connectivity index (χ4v) is 4.67. The molecule has 0 unspecified atom stereocenters. The first kappa shape index (κ1) is 18.2. The Hall–Kier alpha value is -1.62. The average Bonchev–Trinajstić information content (AvgIpc) is 2.68.